The van der Waals surface area contributed by atoms with Crippen molar-refractivity contribution in [2.45, 2.75) is 6.54 Å². The number of benzene rings is 2. The van der Waals surface area contributed by atoms with Crippen LogP contribution in [0.5, 0.6) is 11.5 Å². The monoisotopic (exact) mass is 249 g/mol. The van der Waals surface area contributed by atoms with Gasteiger partial charge in [0.15, 0.2) is 0 Å². The Morgan fingerprint density at radius 3 is 2.47 bits per heavy atom. The van der Waals surface area contributed by atoms with Crippen molar-refractivity contribution in [2.24, 2.45) is 0 Å². The lowest BCUT2D eigenvalue weighted by Gasteiger charge is -2.08. The summed E-state index contributed by atoms with van der Waals surface area (Å²) in [6.07, 6.45) is 0. The van der Waals surface area contributed by atoms with E-state index in [-0.39, 0.29) is 0 Å². The molecular weight excluding hydrogens is 238 g/mol. The van der Waals surface area contributed by atoms with Gasteiger partial charge in [-0.15, -0.1) is 0 Å². The van der Waals surface area contributed by atoms with Crippen molar-refractivity contribution in [3.8, 4) is 11.5 Å². The molecule has 0 fully saturated rings. The average molecular weight is 250 g/mol. The maximum Gasteiger partial charge on any atom is 0.128 e. The van der Waals surface area contributed by atoms with E-state index in [9.17, 15) is 0 Å². The summed E-state index contributed by atoms with van der Waals surface area (Å²) >= 11 is 6.04. The standard InChI is InChI=1S/C13H12ClNO2/c14-13-8-12(7-6-10(13)9-15-16)17-11-4-2-1-3-5-11/h1-8,15-16H,9H2. The third-order valence-electron chi connectivity index (χ3n) is 2.27. The van der Waals surface area contributed by atoms with Gasteiger partial charge in [0.1, 0.15) is 11.5 Å². The lowest BCUT2D eigenvalue weighted by atomic mass is 10.2. The predicted molar refractivity (Wildman–Crippen MR) is 66.6 cm³/mol. The Labute approximate surface area is 105 Å². The van der Waals surface area contributed by atoms with Crippen LogP contribution in [-0.2, 0) is 6.54 Å². The van der Waals surface area contributed by atoms with Crippen LogP contribution < -0.4 is 10.2 Å². The Morgan fingerprint density at radius 1 is 1.06 bits per heavy atom. The molecule has 0 aliphatic rings. The van der Waals surface area contributed by atoms with Gasteiger partial charge in [-0.3, -0.25) is 0 Å². The zero-order valence-electron chi connectivity index (χ0n) is 9.06. The molecule has 17 heavy (non-hydrogen) atoms. The zero-order valence-corrected chi connectivity index (χ0v) is 9.82. The van der Waals surface area contributed by atoms with Gasteiger partial charge in [0.25, 0.3) is 0 Å². The fourth-order valence-corrected chi connectivity index (χ4v) is 1.68. The van der Waals surface area contributed by atoms with Crippen molar-refractivity contribution in [1.82, 2.24) is 5.48 Å². The van der Waals surface area contributed by atoms with Crippen LogP contribution in [0.3, 0.4) is 0 Å². The van der Waals surface area contributed by atoms with Crippen LogP contribution in [0.4, 0.5) is 0 Å². The van der Waals surface area contributed by atoms with Crippen molar-refractivity contribution in [3.63, 3.8) is 0 Å². The summed E-state index contributed by atoms with van der Waals surface area (Å²) in [6.45, 7) is 0.310. The molecule has 4 heteroatoms. The fourth-order valence-electron chi connectivity index (χ4n) is 1.44. The second-order valence-corrected chi connectivity index (χ2v) is 3.91. The molecule has 0 bridgehead atoms. The van der Waals surface area contributed by atoms with E-state index >= 15 is 0 Å². The second-order valence-electron chi connectivity index (χ2n) is 3.50. The van der Waals surface area contributed by atoms with Crippen molar-refractivity contribution in [1.29, 1.82) is 0 Å². The van der Waals surface area contributed by atoms with Gasteiger partial charge >= 0.3 is 0 Å². The largest absolute Gasteiger partial charge is 0.457 e. The van der Waals surface area contributed by atoms with Crippen LogP contribution in [0.15, 0.2) is 48.5 Å². The van der Waals surface area contributed by atoms with Crippen molar-refractivity contribution >= 4 is 11.6 Å². The molecule has 0 spiro atoms. The number of halogens is 1. The summed E-state index contributed by atoms with van der Waals surface area (Å²) in [5.41, 5.74) is 2.88. The second kappa shape index (κ2) is 5.68. The van der Waals surface area contributed by atoms with Crippen molar-refractivity contribution in [3.05, 3.63) is 59.1 Å². The molecular formula is C13H12ClNO2. The molecule has 0 aliphatic heterocycles. The molecule has 2 N–H and O–H groups in total. The molecule has 0 amide bonds. The van der Waals surface area contributed by atoms with Crippen molar-refractivity contribution in [2.75, 3.05) is 0 Å². The third kappa shape index (κ3) is 3.20. The maximum absolute atomic E-state index is 8.61. The Bertz CT molecular complexity index is 488. The molecule has 88 valence electrons. The van der Waals surface area contributed by atoms with E-state index < -0.39 is 0 Å². The normalized spacial score (nSPS) is 10.2. The number of hydrogen-bond donors (Lipinski definition) is 2. The predicted octanol–water partition coefficient (Wildman–Crippen LogP) is 3.61. The SMILES string of the molecule is ONCc1ccc(Oc2ccccc2)cc1Cl. The first-order valence-electron chi connectivity index (χ1n) is 5.18. The first kappa shape index (κ1) is 11.9. The lowest BCUT2D eigenvalue weighted by molar-refractivity contribution is 0.161. The van der Waals surface area contributed by atoms with E-state index in [0.717, 1.165) is 11.3 Å². The van der Waals surface area contributed by atoms with E-state index in [1.54, 1.807) is 6.07 Å². The van der Waals surface area contributed by atoms with Gasteiger partial charge in [-0.25, -0.2) is 5.48 Å². The average Bonchev–Trinajstić information content (AvgIpc) is 2.34. The molecule has 0 atom stereocenters. The molecule has 0 saturated carbocycles. The first-order valence-corrected chi connectivity index (χ1v) is 5.55. The molecule has 2 aromatic rings. The number of hydrogen-bond acceptors (Lipinski definition) is 3. The molecule has 0 aliphatic carbocycles. The van der Waals surface area contributed by atoms with Gasteiger partial charge in [-0.05, 0) is 29.8 Å². The Balaban J connectivity index is 2.15. The minimum absolute atomic E-state index is 0.310. The van der Waals surface area contributed by atoms with E-state index in [1.807, 2.05) is 42.5 Å². The smallest absolute Gasteiger partial charge is 0.128 e. The Hall–Kier alpha value is -1.55. The molecule has 0 unspecified atom stereocenters. The topological polar surface area (TPSA) is 41.5 Å². The highest BCUT2D eigenvalue weighted by Crippen LogP contribution is 2.26. The number of rotatable bonds is 4. The summed E-state index contributed by atoms with van der Waals surface area (Å²) in [4.78, 5) is 0. The molecule has 0 heterocycles. The highest BCUT2D eigenvalue weighted by atomic mass is 35.5. The van der Waals surface area contributed by atoms with Gasteiger partial charge < -0.3 is 9.94 Å². The lowest BCUT2D eigenvalue weighted by Crippen LogP contribution is -2.06. The number of para-hydroxylation sites is 1. The molecule has 2 rings (SSSR count). The highest BCUT2D eigenvalue weighted by molar-refractivity contribution is 6.31. The third-order valence-corrected chi connectivity index (χ3v) is 2.62. The van der Waals surface area contributed by atoms with Gasteiger partial charge in [0.05, 0.1) is 0 Å². The van der Waals surface area contributed by atoms with Gasteiger partial charge in [0.2, 0.25) is 0 Å². The molecule has 0 radical (unpaired) electrons. The quantitative estimate of drug-likeness (QED) is 0.814. The summed E-state index contributed by atoms with van der Waals surface area (Å²) in [7, 11) is 0. The Kier molecular flexibility index (Phi) is 3.98. The number of ether oxygens (including phenoxy) is 1. The van der Waals surface area contributed by atoms with Crippen LogP contribution >= 0.6 is 11.6 Å². The summed E-state index contributed by atoms with van der Waals surface area (Å²) in [6, 6.07) is 14.8. The molecule has 0 aromatic heterocycles. The number of hydroxylamine groups is 1. The van der Waals surface area contributed by atoms with E-state index in [4.69, 9.17) is 21.5 Å². The zero-order chi connectivity index (χ0) is 12.1. The van der Waals surface area contributed by atoms with Crippen LogP contribution in [0.1, 0.15) is 5.56 Å². The maximum atomic E-state index is 8.61. The minimum atomic E-state index is 0.310. The van der Waals surface area contributed by atoms with Gasteiger partial charge in [-0.1, -0.05) is 35.9 Å². The van der Waals surface area contributed by atoms with Crippen LogP contribution in [0, 0.1) is 0 Å². The molecule has 2 aromatic carbocycles. The van der Waals surface area contributed by atoms with Crippen LogP contribution in [0.2, 0.25) is 5.02 Å². The van der Waals surface area contributed by atoms with E-state index in [0.29, 0.717) is 17.3 Å². The molecule has 3 nitrogen and oxygen atoms in total. The van der Waals surface area contributed by atoms with E-state index in [2.05, 4.69) is 5.48 Å². The summed E-state index contributed by atoms with van der Waals surface area (Å²) < 4.78 is 5.62. The van der Waals surface area contributed by atoms with Gasteiger partial charge in [-0.2, -0.15) is 0 Å². The van der Waals surface area contributed by atoms with Gasteiger partial charge in [0, 0.05) is 11.6 Å². The van der Waals surface area contributed by atoms with Crippen LogP contribution in [-0.4, -0.2) is 5.21 Å². The molecule has 0 saturated heterocycles. The minimum Gasteiger partial charge on any atom is -0.457 e. The Morgan fingerprint density at radius 2 is 1.82 bits per heavy atom. The van der Waals surface area contributed by atoms with E-state index in [1.165, 1.54) is 0 Å². The van der Waals surface area contributed by atoms with Crippen molar-refractivity contribution < 1.29 is 9.94 Å². The highest BCUT2D eigenvalue weighted by Gasteiger charge is 2.03. The fraction of sp³-hybridized carbons (Fsp3) is 0.0769. The summed E-state index contributed by atoms with van der Waals surface area (Å²) in [5.74, 6) is 1.43. The summed E-state index contributed by atoms with van der Waals surface area (Å²) in [5, 5.41) is 9.16. The first-order chi connectivity index (χ1) is 8.29. The van der Waals surface area contributed by atoms with Crippen LogP contribution in [0.25, 0.3) is 0 Å². The number of nitrogens with one attached hydrogen (secondary N) is 1.